The average molecular weight is 461 g/mol. The highest BCUT2D eigenvalue weighted by Crippen LogP contribution is 2.21. The topological polar surface area (TPSA) is 63.5 Å². The zero-order chi connectivity index (χ0) is 22.9. The number of methoxy groups -OCH3 is 1. The van der Waals surface area contributed by atoms with Gasteiger partial charge in [0.1, 0.15) is 11.9 Å². The summed E-state index contributed by atoms with van der Waals surface area (Å²) in [6, 6.07) is 15.6. The van der Waals surface area contributed by atoms with E-state index in [2.05, 4.69) is 23.9 Å². The molecule has 1 heterocycles. The fraction of sp³-hybridized carbons (Fsp3) is 0.480. The summed E-state index contributed by atoms with van der Waals surface area (Å²) in [4.78, 5) is 7.91. The Balaban J connectivity index is 1.60. The van der Waals surface area contributed by atoms with Gasteiger partial charge in [-0.15, -0.1) is 0 Å². The van der Waals surface area contributed by atoms with Crippen LogP contribution >= 0.6 is 11.6 Å². The molecule has 0 radical (unpaired) electrons. The van der Waals surface area contributed by atoms with E-state index >= 15 is 0 Å². The van der Waals surface area contributed by atoms with Crippen LogP contribution in [-0.2, 0) is 16.1 Å². The van der Waals surface area contributed by atoms with Crippen molar-refractivity contribution in [1.29, 1.82) is 0 Å². The average Bonchev–Trinajstić information content (AvgIpc) is 3.22. The molecule has 2 aromatic rings. The van der Waals surface area contributed by atoms with Gasteiger partial charge in [0.2, 0.25) is 0 Å². The van der Waals surface area contributed by atoms with Crippen LogP contribution in [0.25, 0.3) is 0 Å². The van der Waals surface area contributed by atoms with Crippen molar-refractivity contribution in [2.45, 2.75) is 39.0 Å². The van der Waals surface area contributed by atoms with Crippen LogP contribution in [0.1, 0.15) is 31.4 Å². The Kier molecular flexibility index (Phi) is 9.36. The van der Waals surface area contributed by atoms with Crippen molar-refractivity contribution in [3.63, 3.8) is 0 Å². The molecule has 0 fully saturated rings. The van der Waals surface area contributed by atoms with Gasteiger partial charge < -0.3 is 19.4 Å². The molecule has 1 aliphatic heterocycles. The summed E-state index contributed by atoms with van der Waals surface area (Å²) in [6.45, 7) is 6.89. The largest absolute Gasteiger partial charge is 0.497 e. The summed E-state index contributed by atoms with van der Waals surface area (Å²) >= 11 is 6.17. The molecule has 3 rings (SSSR count). The molecule has 6 nitrogen and oxygen atoms in total. The van der Waals surface area contributed by atoms with Gasteiger partial charge in [-0.25, -0.2) is 0 Å². The molecule has 174 valence electrons. The lowest BCUT2D eigenvalue weighted by Crippen LogP contribution is -2.39. The molecule has 1 N–H and O–H groups in total. The molecule has 2 aromatic carbocycles. The molecule has 2 atom stereocenters. The summed E-state index contributed by atoms with van der Waals surface area (Å²) in [6.07, 6.45) is 0.0320. The van der Waals surface area contributed by atoms with E-state index in [1.807, 2.05) is 48.5 Å². The lowest BCUT2D eigenvalue weighted by molar-refractivity contribution is -0.00734. The molecule has 32 heavy (non-hydrogen) atoms. The molecular formula is C25H33ClN2O4. The van der Waals surface area contributed by atoms with Crippen molar-refractivity contribution >= 4 is 17.3 Å². The highest BCUT2D eigenvalue weighted by atomic mass is 35.5. The van der Waals surface area contributed by atoms with Crippen LogP contribution in [0, 0.1) is 5.92 Å². The number of halogens is 1. The summed E-state index contributed by atoms with van der Waals surface area (Å²) in [5.41, 5.74) is 3.03. The molecule has 0 spiro atoms. The van der Waals surface area contributed by atoms with Gasteiger partial charge in [0.25, 0.3) is 0 Å². The van der Waals surface area contributed by atoms with Gasteiger partial charge in [-0.1, -0.05) is 42.7 Å². The molecule has 0 aromatic heterocycles. The third-order valence-electron chi connectivity index (χ3n) is 5.14. The van der Waals surface area contributed by atoms with Gasteiger partial charge in [-0.05, 0) is 53.4 Å². The van der Waals surface area contributed by atoms with Gasteiger partial charge in [-0.2, -0.15) is 0 Å². The molecular weight excluding hydrogens is 428 g/mol. The Morgan fingerprint density at radius 2 is 1.97 bits per heavy atom. The van der Waals surface area contributed by atoms with E-state index in [1.165, 1.54) is 0 Å². The van der Waals surface area contributed by atoms with E-state index in [1.54, 1.807) is 7.11 Å². The fourth-order valence-corrected chi connectivity index (χ4v) is 3.87. The van der Waals surface area contributed by atoms with E-state index in [-0.39, 0.29) is 6.10 Å². The number of aliphatic hydroxyl groups is 1. The number of ether oxygens (including phenoxy) is 2. The zero-order valence-electron chi connectivity index (χ0n) is 19.0. The smallest absolute Gasteiger partial charge is 0.145 e. The summed E-state index contributed by atoms with van der Waals surface area (Å²) in [5, 5.41) is 15.5. The molecule has 7 heteroatoms. The van der Waals surface area contributed by atoms with Crippen LogP contribution < -0.4 is 4.74 Å². The minimum absolute atomic E-state index is 0.0879. The normalized spacial score (nSPS) is 16.8. The summed E-state index contributed by atoms with van der Waals surface area (Å²) < 4.78 is 10.9. The predicted octanol–water partition coefficient (Wildman–Crippen LogP) is 4.38. The first-order valence-electron chi connectivity index (χ1n) is 11.0. The van der Waals surface area contributed by atoms with Crippen LogP contribution in [0.4, 0.5) is 0 Å². The molecule has 0 aliphatic carbocycles. The van der Waals surface area contributed by atoms with Crippen molar-refractivity contribution in [1.82, 2.24) is 4.90 Å². The third kappa shape index (κ3) is 7.78. The maximum atomic E-state index is 10.5. The van der Waals surface area contributed by atoms with Crippen molar-refractivity contribution < 1.29 is 19.4 Å². The molecule has 0 saturated heterocycles. The van der Waals surface area contributed by atoms with E-state index in [4.69, 9.17) is 25.9 Å². The van der Waals surface area contributed by atoms with Gasteiger partial charge in [0.05, 0.1) is 25.5 Å². The predicted molar refractivity (Wildman–Crippen MR) is 127 cm³/mol. The standard InChI is InChI=1S/C25H33ClN2O4/c1-18(2)16-31-17-22(29)14-28(13-19-5-4-6-21(26)11-19)15-24-12-25(27-32-24)20-7-9-23(30-3)10-8-20/h4-11,18,22,24,29H,12-17H2,1-3H3/t22-,24-/m0/s1. The minimum atomic E-state index is -0.587. The maximum Gasteiger partial charge on any atom is 0.145 e. The van der Waals surface area contributed by atoms with Crippen LogP contribution in [-0.4, -0.2) is 61.3 Å². The van der Waals surface area contributed by atoms with E-state index in [0.717, 1.165) is 22.6 Å². The second kappa shape index (κ2) is 12.2. The molecule has 0 amide bonds. The fourth-order valence-electron chi connectivity index (χ4n) is 3.66. The number of aliphatic hydroxyl groups excluding tert-OH is 1. The lowest BCUT2D eigenvalue weighted by atomic mass is 10.0. The minimum Gasteiger partial charge on any atom is -0.497 e. The first-order chi connectivity index (χ1) is 15.4. The Morgan fingerprint density at radius 3 is 2.66 bits per heavy atom. The first-order valence-corrected chi connectivity index (χ1v) is 11.4. The summed E-state index contributed by atoms with van der Waals surface area (Å²) in [7, 11) is 1.65. The van der Waals surface area contributed by atoms with Gasteiger partial charge in [0, 0.05) is 37.7 Å². The quantitative estimate of drug-likeness (QED) is 0.509. The molecule has 0 bridgehead atoms. The first kappa shape index (κ1) is 24.5. The molecule has 1 aliphatic rings. The highest BCUT2D eigenvalue weighted by molar-refractivity contribution is 6.30. The number of hydrogen-bond acceptors (Lipinski definition) is 6. The van der Waals surface area contributed by atoms with Crippen molar-refractivity contribution in [2.75, 3.05) is 33.4 Å². The number of nitrogens with zero attached hydrogens (tertiary/aromatic N) is 2. The van der Waals surface area contributed by atoms with Crippen LogP contribution in [0.5, 0.6) is 5.75 Å². The van der Waals surface area contributed by atoms with Crippen LogP contribution in [0.15, 0.2) is 53.7 Å². The third-order valence-corrected chi connectivity index (χ3v) is 5.38. The number of benzene rings is 2. The number of hydrogen-bond donors (Lipinski definition) is 1. The Bertz CT molecular complexity index is 873. The van der Waals surface area contributed by atoms with Gasteiger partial charge in [0.15, 0.2) is 0 Å². The lowest BCUT2D eigenvalue weighted by Gasteiger charge is -2.27. The summed E-state index contributed by atoms with van der Waals surface area (Å²) in [5.74, 6) is 1.25. The van der Waals surface area contributed by atoms with Crippen molar-refractivity contribution in [3.05, 3.63) is 64.7 Å². The number of rotatable bonds is 12. The Morgan fingerprint density at radius 1 is 1.19 bits per heavy atom. The van der Waals surface area contributed by atoms with E-state index in [0.29, 0.717) is 50.2 Å². The van der Waals surface area contributed by atoms with Crippen molar-refractivity contribution in [3.8, 4) is 5.75 Å². The zero-order valence-corrected chi connectivity index (χ0v) is 19.8. The Hall–Kier alpha value is -2.12. The van der Waals surface area contributed by atoms with Crippen LogP contribution in [0.3, 0.4) is 0 Å². The van der Waals surface area contributed by atoms with Gasteiger partial charge >= 0.3 is 0 Å². The van der Waals surface area contributed by atoms with Gasteiger partial charge in [-0.3, -0.25) is 4.90 Å². The monoisotopic (exact) mass is 460 g/mol. The second-order valence-corrected chi connectivity index (χ2v) is 9.04. The number of oxime groups is 1. The van der Waals surface area contributed by atoms with E-state index in [9.17, 15) is 5.11 Å². The second-order valence-electron chi connectivity index (χ2n) is 8.61. The van der Waals surface area contributed by atoms with Crippen molar-refractivity contribution in [2.24, 2.45) is 11.1 Å². The Labute approximate surface area is 195 Å². The molecule has 0 saturated carbocycles. The SMILES string of the molecule is COc1ccc(C2=NO[C@H](CN(Cc3cccc(Cl)c3)C[C@H](O)COCC(C)C)C2)cc1. The molecule has 0 unspecified atom stereocenters. The van der Waals surface area contributed by atoms with Crippen LogP contribution in [0.2, 0.25) is 5.02 Å². The maximum absolute atomic E-state index is 10.5. The van der Waals surface area contributed by atoms with E-state index < -0.39 is 6.10 Å². The highest BCUT2D eigenvalue weighted by Gasteiger charge is 2.26.